The van der Waals surface area contributed by atoms with Crippen LogP contribution in [0.2, 0.25) is 5.02 Å². The Labute approximate surface area is 137 Å². The van der Waals surface area contributed by atoms with Crippen LogP contribution >= 0.6 is 27.5 Å². The number of carbonyl (C=O) groups is 2. The van der Waals surface area contributed by atoms with Gasteiger partial charge in [0.15, 0.2) is 0 Å². The molecule has 0 aromatic heterocycles. The third kappa shape index (κ3) is 3.40. The second-order valence-corrected chi connectivity index (χ2v) is 6.75. The molecular formula is C15H17BrClNO3. The van der Waals surface area contributed by atoms with Gasteiger partial charge in [-0.15, -0.1) is 0 Å². The molecule has 1 unspecified atom stereocenters. The number of hydrogen-bond acceptors (Lipinski definition) is 2. The number of carboxylic acids is 1. The molecule has 1 fully saturated rings. The van der Waals surface area contributed by atoms with Crippen molar-refractivity contribution < 1.29 is 14.7 Å². The standard InChI is InChI=1S/C15H17BrClNO3/c1-15(14(20)21)7-2-8-18(15)13(19)6-3-10-9-11(17)4-5-12(10)16/h4-5,9H,2-3,6-8H2,1H3,(H,20,21). The van der Waals surface area contributed by atoms with E-state index in [0.717, 1.165) is 16.5 Å². The smallest absolute Gasteiger partial charge is 0.329 e. The maximum absolute atomic E-state index is 12.3. The molecule has 6 heteroatoms. The maximum Gasteiger partial charge on any atom is 0.329 e. The van der Waals surface area contributed by atoms with E-state index >= 15 is 0 Å². The first kappa shape index (κ1) is 16.3. The monoisotopic (exact) mass is 373 g/mol. The Morgan fingerprint density at radius 3 is 2.86 bits per heavy atom. The molecule has 1 aromatic rings. The Bertz CT molecular complexity index is 578. The lowest BCUT2D eigenvalue weighted by Gasteiger charge is -2.31. The molecule has 1 N–H and O–H groups in total. The molecule has 0 saturated carbocycles. The van der Waals surface area contributed by atoms with Gasteiger partial charge in [0.1, 0.15) is 5.54 Å². The number of aryl methyl sites for hydroxylation is 1. The molecule has 0 spiro atoms. The number of carbonyl (C=O) groups excluding carboxylic acids is 1. The van der Waals surface area contributed by atoms with E-state index in [-0.39, 0.29) is 12.3 Å². The van der Waals surface area contributed by atoms with Gasteiger partial charge in [0.05, 0.1) is 0 Å². The van der Waals surface area contributed by atoms with Gasteiger partial charge in [0.2, 0.25) is 5.91 Å². The van der Waals surface area contributed by atoms with Crippen molar-refractivity contribution in [3.63, 3.8) is 0 Å². The number of hydrogen-bond donors (Lipinski definition) is 1. The normalized spacial score (nSPS) is 21.6. The van der Waals surface area contributed by atoms with Crippen molar-refractivity contribution in [2.45, 2.75) is 38.1 Å². The lowest BCUT2D eigenvalue weighted by molar-refractivity contribution is -0.155. The summed E-state index contributed by atoms with van der Waals surface area (Å²) in [7, 11) is 0. The van der Waals surface area contributed by atoms with Crippen LogP contribution in [-0.4, -0.2) is 34.0 Å². The summed E-state index contributed by atoms with van der Waals surface area (Å²) in [5, 5.41) is 9.96. The lowest BCUT2D eigenvalue weighted by Crippen LogP contribution is -2.50. The number of likely N-dealkylation sites (tertiary alicyclic amines) is 1. The molecule has 114 valence electrons. The van der Waals surface area contributed by atoms with Crippen LogP contribution in [0.4, 0.5) is 0 Å². The van der Waals surface area contributed by atoms with E-state index in [1.807, 2.05) is 12.1 Å². The fourth-order valence-corrected chi connectivity index (χ4v) is 3.34. The third-order valence-electron chi connectivity index (χ3n) is 4.02. The second-order valence-electron chi connectivity index (χ2n) is 5.46. The van der Waals surface area contributed by atoms with Crippen LogP contribution in [0.1, 0.15) is 31.7 Å². The van der Waals surface area contributed by atoms with Crippen LogP contribution in [0.15, 0.2) is 22.7 Å². The highest BCUT2D eigenvalue weighted by molar-refractivity contribution is 9.10. The molecule has 21 heavy (non-hydrogen) atoms. The molecule has 2 rings (SSSR count). The summed E-state index contributed by atoms with van der Waals surface area (Å²) in [5.74, 6) is -1.05. The van der Waals surface area contributed by atoms with Crippen LogP contribution in [0.25, 0.3) is 0 Å². The zero-order valence-corrected chi connectivity index (χ0v) is 14.1. The number of benzene rings is 1. The average molecular weight is 375 g/mol. The summed E-state index contributed by atoms with van der Waals surface area (Å²) in [6, 6.07) is 5.44. The summed E-state index contributed by atoms with van der Waals surface area (Å²) in [6.45, 7) is 2.13. The van der Waals surface area contributed by atoms with E-state index in [1.165, 1.54) is 4.90 Å². The first-order chi connectivity index (χ1) is 9.84. The number of amides is 1. The largest absolute Gasteiger partial charge is 0.480 e. The average Bonchev–Trinajstić information content (AvgIpc) is 2.83. The first-order valence-corrected chi connectivity index (χ1v) is 7.99. The van der Waals surface area contributed by atoms with Crippen LogP contribution < -0.4 is 0 Å². The fraction of sp³-hybridized carbons (Fsp3) is 0.467. The van der Waals surface area contributed by atoms with Crippen molar-refractivity contribution in [1.82, 2.24) is 4.90 Å². The van der Waals surface area contributed by atoms with Crippen molar-refractivity contribution in [2.75, 3.05) is 6.54 Å². The minimum atomic E-state index is -1.07. The molecule has 1 amide bonds. The number of nitrogens with zero attached hydrogens (tertiary/aromatic N) is 1. The molecule has 1 aliphatic heterocycles. The van der Waals surface area contributed by atoms with Crippen molar-refractivity contribution in [3.8, 4) is 0 Å². The van der Waals surface area contributed by atoms with Gasteiger partial charge in [-0.2, -0.15) is 0 Å². The minimum Gasteiger partial charge on any atom is -0.480 e. The summed E-state index contributed by atoms with van der Waals surface area (Å²) < 4.78 is 0.905. The topological polar surface area (TPSA) is 57.6 Å². The van der Waals surface area contributed by atoms with Gasteiger partial charge in [-0.1, -0.05) is 27.5 Å². The Balaban J connectivity index is 2.05. The Morgan fingerprint density at radius 2 is 2.19 bits per heavy atom. The molecule has 1 saturated heterocycles. The van der Waals surface area contributed by atoms with E-state index in [4.69, 9.17) is 11.6 Å². The van der Waals surface area contributed by atoms with E-state index in [2.05, 4.69) is 15.9 Å². The van der Waals surface area contributed by atoms with Gasteiger partial charge < -0.3 is 10.0 Å². The highest BCUT2D eigenvalue weighted by Crippen LogP contribution is 2.30. The molecule has 1 aromatic carbocycles. The van der Waals surface area contributed by atoms with Gasteiger partial charge >= 0.3 is 5.97 Å². The highest BCUT2D eigenvalue weighted by atomic mass is 79.9. The van der Waals surface area contributed by atoms with Crippen molar-refractivity contribution in [2.24, 2.45) is 0 Å². The third-order valence-corrected chi connectivity index (χ3v) is 5.03. The van der Waals surface area contributed by atoms with Gasteiger partial charge in [0.25, 0.3) is 0 Å². The SMILES string of the molecule is CC1(C(=O)O)CCCN1C(=O)CCc1cc(Cl)ccc1Br. The number of halogens is 2. The van der Waals surface area contributed by atoms with Crippen molar-refractivity contribution in [1.29, 1.82) is 0 Å². The predicted molar refractivity (Wildman–Crippen MR) is 84.5 cm³/mol. The minimum absolute atomic E-state index is 0.121. The molecule has 0 radical (unpaired) electrons. The van der Waals surface area contributed by atoms with Crippen LogP contribution in [0.3, 0.4) is 0 Å². The summed E-state index contributed by atoms with van der Waals surface area (Å²) in [6.07, 6.45) is 2.05. The summed E-state index contributed by atoms with van der Waals surface area (Å²) in [5.41, 5.74) is -0.116. The van der Waals surface area contributed by atoms with Crippen molar-refractivity contribution in [3.05, 3.63) is 33.3 Å². The lowest BCUT2D eigenvalue weighted by atomic mass is 9.98. The fourth-order valence-electron chi connectivity index (χ4n) is 2.70. The molecule has 0 bridgehead atoms. The Kier molecular flexibility index (Phi) is 4.94. The number of aliphatic carboxylic acids is 1. The van der Waals surface area contributed by atoms with Crippen LogP contribution in [0.5, 0.6) is 0 Å². The highest BCUT2D eigenvalue weighted by Gasteiger charge is 2.45. The predicted octanol–water partition coefficient (Wildman–Crippen LogP) is 3.50. The number of rotatable bonds is 4. The number of carboxylic acid groups (broad SMARTS) is 1. The van der Waals surface area contributed by atoms with Crippen molar-refractivity contribution >= 4 is 39.4 Å². The Morgan fingerprint density at radius 1 is 1.48 bits per heavy atom. The van der Waals surface area contributed by atoms with E-state index in [0.29, 0.717) is 24.4 Å². The first-order valence-electron chi connectivity index (χ1n) is 6.82. The maximum atomic E-state index is 12.3. The van der Waals surface area contributed by atoms with Gasteiger partial charge in [-0.3, -0.25) is 4.79 Å². The van der Waals surface area contributed by atoms with E-state index < -0.39 is 11.5 Å². The summed E-state index contributed by atoms with van der Waals surface area (Å²) >= 11 is 9.38. The molecule has 0 aliphatic carbocycles. The van der Waals surface area contributed by atoms with E-state index in [1.54, 1.807) is 13.0 Å². The van der Waals surface area contributed by atoms with Crippen LogP contribution in [-0.2, 0) is 16.0 Å². The van der Waals surface area contributed by atoms with Gasteiger partial charge in [0, 0.05) is 22.5 Å². The van der Waals surface area contributed by atoms with E-state index in [9.17, 15) is 14.7 Å². The molecule has 1 heterocycles. The molecular weight excluding hydrogens is 358 g/mol. The van der Waals surface area contributed by atoms with Gasteiger partial charge in [-0.05, 0) is 49.9 Å². The Hall–Kier alpha value is -1.07. The zero-order valence-electron chi connectivity index (χ0n) is 11.7. The molecule has 1 atom stereocenters. The molecule has 4 nitrogen and oxygen atoms in total. The molecule has 1 aliphatic rings. The van der Waals surface area contributed by atoms with Gasteiger partial charge in [-0.25, -0.2) is 4.79 Å². The zero-order chi connectivity index (χ0) is 15.6. The summed E-state index contributed by atoms with van der Waals surface area (Å²) in [4.78, 5) is 25.2. The quantitative estimate of drug-likeness (QED) is 0.877. The van der Waals surface area contributed by atoms with Crippen LogP contribution in [0, 0.1) is 0 Å². The second kappa shape index (κ2) is 6.36.